The zero-order valence-corrected chi connectivity index (χ0v) is 9.41. The zero-order valence-electron chi connectivity index (χ0n) is 9.41. The minimum Gasteiger partial charge on any atom is -0.364 e. The van der Waals surface area contributed by atoms with Crippen LogP contribution in [0.2, 0.25) is 0 Å². The van der Waals surface area contributed by atoms with Crippen LogP contribution in [0, 0.1) is 0 Å². The quantitative estimate of drug-likeness (QED) is 0.768. The van der Waals surface area contributed by atoms with Gasteiger partial charge in [-0.1, -0.05) is 26.0 Å². The standard InChI is InChI=1S/C12H17NO2/c1-9(2)10-4-6-11(7-5-10)12(14)13-8-15-3/h4-7,9H,8H2,1-3H3,(H,13,14). The monoisotopic (exact) mass is 207 g/mol. The molecule has 0 unspecified atom stereocenters. The Morgan fingerprint density at radius 2 is 1.93 bits per heavy atom. The van der Waals surface area contributed by atoms with E-state index in [9.17, 15) is 4.79 Å². The minimum atomic E-state index is -0.104. The fraction of sp³-hybridized carbons (Fsp3) is 0.417. The van der Waals surface area contributed by atoms with Gasteiger partial charge in [0.25, 0.3) is 5.91 Å². The highest BCUT2D eigenvalue weighted by Crippen LogP contribution is 2.14. The first kappa shape index (κ1) is 11.7. The molecule has 0 bridgehead atoms. The van der Waals surface area contributed by atoms with Crippen molar-refractivity contribution in [2.24, 2.45) is 0 Å². The van der Waals surface area contributed by atoms with Gasteiger partial charge in [-0.3, -0.25) is 4.79 Å². The second kappa shape index (κ2) is 5.51. The normalized spacial score (nSPS) is 10.4. The number of ether oxygens (including phenoxy) is 1. The van der Waals surface area contributed by atoms with E-state index in [-0.39, 0.29) is 12.6 Å². The predicted octanol–water partition coefficient (Wildman–Crippen LogP) is 2.14. The first-order valence-electron chi connectivity index (χ1n) is 5.02. The fourth-order valence-electron chi connectivity index (χ4n) is 1.26. The number of hydrogen-bond acceptors (Lipinski definition) is 2. The molecule has 0 aliphatic carbocycles. The number of benzene rings is 1. The van der Waals surface area contributed by atoms with Crippen molar-refractivity contribution < 1.29 is 9.53 Å². The van der Waals surface area contributed by atoms with E-state index in [1.54, 1.807) is 7.11 Å². The van der Waals surface area contributed by atoms with Gasteiger partial charge in [-0.15, -0.1) is 0 Å². The van der Waals surface area contributed by atoms with Crippen LogP contribution in [0.4, 0.5) is 0 Å². The average Bonchev–Trinajstić information content (AvgIpc) is 2.26. The molecule has 1 aromatic rings. The fourth-order valence-corrected chi connectivity index (χ4v) is 1.26. The van der Waals surface area contributed by atoms with Gasteiger partial charge in [-0.25, -0.2) is 0 Å². The van der Waals surface area contributed by atoms with Gasteiger partial charge < -0.3 is 10.1 Å². The molecule has 0 saturated carbocycles. The molecule has 0 aromatic heterocycles. The van der Waals surface area contributed by atoms with E-state index in [1.807, 2.05) is 24.3 Å². The number of nitrogens with one attached hydrogen (secondary N) is 1. The maximum Gasteiger partial charge on any atom is 0.253 e. The van der Waals surface area contributed by atoms with Gasteiger partial charge in [-0.05, 0) is 23.6 Å². The van der Waals surface area contributed by atoms with Crippen molar-refractivity contribution in [3.05, 3.63) is 35.4 Å². The number of amides is 1. The second-order valence-electron chi connectivity index (χ2n) is 3.72. The molecule has 82 valence electrons. The van der Waals surface area contributed by atoms with Crippen molar-refractivity contribution in [1.82, 2.24) is 5.32 Å². The van der Waals surface area contributed by atoms with E-state index in [2.05, 4.69) is 19.2 Å². The zero-order chi connectivity index (χ0) is 11.3. The molecule has 15 heavy (non-hydrogen) atoms. The third-order valence-corrected chi connectivity index (χ3v) is 2.22. The molecule has 0 atom stereocenters. The highest BCUT2D eigenvalue weighted by atomic mass is 16.5. The van der Waals surface area contributed by atoms with Crippen LogP contribution in [0.15, 0.2) is 24.3 Å². The van der Waals surface area contributed by atoms with Gasteiger partial charge in [-0.2, -0.15) is 0 Å². The van der Waals surface area contributed by atoms with Crippen LogP contribution in [0.25, 0.3) is 0 Å². The van der Waals surface area contributed by atoms with Gasteiger partial charge in [0.15, 0.2) is 0 Å². The van der Waals surface area contributed by atoms with Gasteiger partial charge in [0.1, 0.15) is 6.73 Å². The first-order chi connectivity index (χ1) is 7.15. The Kier molecular flexibility index (Phi) is 4.31. The molecule has 0 spiro atoms. The van der Waals surface area contributed by atoms with Gasteiger partial charge in [0.2, 0.25) is 0 Å². The molecular weight excluding hydrogens is 190 g/mol. The summed E-state index contributed by atoms with van der Waals surface area (Å²) in [5, 5.41) is 2.64. The summed E-state index contributed by atoms with van der Waals surface area (Å²) in [6.45, 7) is 4.49. The predicted molar refractivity (Wildman–Crippen MR) is 59.9 cm³/mol. The summed E-state index contributed by atoms with van der Waals surface area (Å²) < 4.78 is 4.76. The minimum absolute atomic E-state index is 0.104. The van der Waals surface area contributed by atoms with Crippen LogP contribution in [0.3, 0.4) is 0 Å². The molecule has 0 aliphatic heterocycles. The third kappa shape index (κ3) is 3.36. The molecule has 0 heterocycles. The summed E-state index contributed by atoms with van der Waals surface area (Å²) in [5.41, 5.74) is 1.90. The number of methoxy groups -OCH3 is 1. The average molecular weight is 207 g/mol. The molecule has 3 heteroatoms. The second-order valence-corrected chi connectivity index (χ2v) is 3.72. The molecule has 0 aliphatic rings. The van der Waals surface area contributed by atoms with Crippen molar-refractivity contribution in [3.8, 4) is 0 Å². The molecule has 0 fully saturated rings. The molecular formula is C12H17NO2. The number of carbonyl (C=O) groups excluding carboxylic acids is 1. The molecule has 1 N–H and O–H groups in total. The van der Waals surface area contributed by atoms with Crippen LogP contribution in [0.5, 0.6) is 0 Å². The number of carbonyl (C=O) groups is 1. The maximum absolute atomic E-state index is 11.5. The summed E-state index contributed by atoms with van der Waals surface area (Å²) in [4.78, 5) is 11.5. The Morgan fingerprint density at radius 3 is 2.40 bits per heavy atom. The molecule has 1 amide bonds. The Morgan fingerprint density at radius 1 is 1.33 bits per heavy atom. The van der Waals surface area contributed by atoms with E-state index < -0.39 is 0 Å². The van der Waals surface area contributed by atoms with Gasteiger partial charge in [0, 0.05) is 12.7 Å². The molecule has 1 rings (SSSR count). The van der Waals surface area contributed by atoms with Crippen LogP contribution in [0.1, 0.15) is 35.7 Å². The lowest BCUT2D eigenvalue weighted by Crippen LogP contribution is -2.25. The maximum atomic E-state index is 11.5. The lowest BCUT2D eigenvalue weighted by molar-refractivity contribution is 0.0872. The van der Waals surface area contributed by atoms with Crippen molar-refractivity contribution in [2.75, 3.05) is 13.8 Å². The molecule has 1 aromatic carbocycles. The van der Waals surface area contributed by atoms with Gasteiger partial charge in [0.05, 0.1) is 0 Å². The van der Waals surface area contributed by atoms with Crippen molar-refractivity contribution in [2.45, 2.75) is 19.8 Å². The summed E-state index contributed by atoms with van der Waals surface area (Å²) >= 11 is 0. The highest BCUT2D eigenvalue weighted by molar-refractivity contribution is 5.94. The van der Waals surface area contributed by atoms with Gasteiger partial charge >= 0.3 is 0 Å². The van der Waals surface area contributed by atoms with E-state index >= 15 is 0 Å². The molecule has 0 saturated heterocycles. The Balaban J connectivity index is 2.67. The molecule has 0 radical (unpaired) electrons. The topological polar surface area (TPSA) is 38.3 Å². The number of rotatable bonds is 4. The number of hydrogen-bond donors (Lipinski definition) is 1. The van der Waals surface area contributed by atoms with Crippen LogP contribution in [-0.4, -0.2) is 19.7 Å². The molecule has 3 nitrogen and oxygen atoms in total. The van der Waals surface area contributed by atoms with E-state index in [0.29, 0.717) is 11.5 Å². The lowest BCUT2D eigenvalue weighted by Gasteiger charge is -2.07. The van der Waals surface area contributed by atoms with E-state index in [1.165, 1.54) is 5.56 Å². The Hall–Kier alpha value is -1.35. The van der Waals surface area contributed by atoms with Crippen molar-refractivity contribution in [1.29, 1.82) is 0 Å². The van der Waals surface area contributed by atoms with Crippen molar-refractivity contribution >= 4 is 5.91 Å². The summed E-state index contributed by atoms with van der Waals surface area (Å²) in [6, 6.07) is 7.62. The van der Waals surface area contributed by atoms with E-state index in [0.717, 1.165) is 0 Å². The largest absolute Gasteiger partial charge is 0.364 e. The van der Waals surface area contributed by atoms with Crippen LogP contribution in [-0.2, 0) is 4.74 Å². The SMILES string of the molecule is COCNC(=O)c1ccc(C(C)C)cc1. The Bertz CT molecular complexity index is 317. The van der Waals surface area contributed by atoms with Crippen LogP contribution >= 0.6 is 0 Å². The summed E-state index contributed by atoms with van der Waals surface area (Å²) in [7, 11) is 1.54. The van der Waals surface area contributed by atoms with E-state index in [4.69, 9.17) is 4.74 Å². The van der Waals surface area contributed by atoms with Crippen LogP contribution < -0.4 is 5.32 Å². The summed E-state index contributed by atoms with van der Waals surface area (Å²) in [5.74, 6) is 0.383. The highest BCUT2D eigenvalue weighted by Gasteiger charge is 2.05. The third-order valence-electron chi connectivity index (χ3n) is 2.22. The Labute approximate surface area is 90.4 Å². The van der Waals surface area contributed by atoms with Crippen molar-refractivity contribution in [3.63, 3.8) is 0 Å². The first-order valence-corrected chi connectivity index (χ1v) is 5.02. The lowest BCUT2D eigenvalue weighted by atomic mass is 10.0. The smallest absolute Gasteiger partial charge is 0.253 e. The summed E-state index contributed by atoms with van der Waals surface area (Å²) in [6.07, 6.45) is 0.